The second-order valence-electron chi connectivity index (χ2n) is 7.83. The van der Waals surface area contributed by atoms with Gasteiger partial charge in [-0.2, -0.15) is 12.7 Å². The number of likely N-dealkylation sites (tertiary alicyclic amines) is 1. The highest BCUT2D eigenvalue weighted by Gasteiger charge is 2.40. The number of carbonyl (C=O) groups is 1. The van der Waals surface area contributed by atoms with E-state index in [2.05, 4.69) is 0 Å². The first-order valence-electron chi connectivity index (χ1n) is 9.86. The number of benzene rings is 1. The summed E-state index contributed by atoms with van der Waals surface area (Å²) in [7, 11) is -3.82. The maximum Gasteiger partial charge on any atom is 0.277 e. The zero-order chi connectivity index (χ0) is 20.3. The SMILES string of the molecule is NC(Cc1ccc(Cl)cc1)C(=O)N1CCC(N(C2CCCCC2)S(N)(=O)=O)C1. The first kappa shape index (κ1) is 21.5. The maximum atomic E-state index is 12.8. The molecule has 2 unspecified atom stereocenters. The molecule has 0 aromatic heterocycles. The van der Waals surface area contributed by atoms with E-state index in [1.807, 2.05) is 12.1 Å². The molecular weight excluding hydrogens is 400 g/mol. The molecule has 0 bridgehead atoms. The molecule has 1 aliphatic heterocycles. The second kappa shape index (κ2) is 9.09. The third-order valence-electron chi connectivity index (χ3n) is 5.75. The van der Waals surface area contributed by atoms with E-state index in [-0.39, 0.29) is 18.0 Å². The molecule has 0 radical (unpaired) electrons. The van der Waals surface area contributed by atoms with E-state index in [1.165, 1.54) is 4.31 Å². The molecule has 156 valence electrons. The molecule has 1 aliphatic carbocycles. The lowest BCUT2D eigenvalue weighted by Crippen LogP contribution is -2.52. The molecule has 2 aliphatic rings. The maximum absolute atomic E-state index is 12.8. The molecule has 1 heterocycles. The van der Waals surface area contributed by atoms with Crippen molar-refractivity contribution in [2.75, 3.05) is 13.1 Å². The highest BCUT2D eigenvalue weighted by atomic mass is 35.5. The number of nitrogens with zero attached hydrogens (tertiary/aromatic N) is 2. The predicted octanol–water partition coefficient (Wildman–Crippen LogP) is 1.65. The molecule has 1 aromatic carbocycles. The van der Waals surface area contributed by atoms with Crippen molar-refractivity contribution in [3.05, 3.63) is 34.9 Å². The number of amides is 1. The van der Waals surface area contributed by atoms with E-state index < -0.39 is 16.3 Å². The molecule has 28 heavy (non-hydrogen) atoms. The number of nitrogens with two attached hydrogens (primary N) is 2. The van der Waals surface area contributed by atoms with Crippen molar-refractivity contribution >= 4 is 27.7 Å². The summed E-state index contributed by atoms with van der Waals surface area (Å²) in [5, 5.41) is 6.18. The van der Waals surface area contributed by atoms with Crippen LogP contribution in [0.15, 0.2) is 24.3 Å². The highest BCUT2D eigenvalue weighted by Crippen LogP contribution is 2.29. The third-order valence-corrected chi connectivity index (χ3v) is 7.19. The van der Waals surface area contributed by atoms with Gasteiger partial charge in [0.15, 0.2) is 0 Å². The van der Waals surface area contributed by atoms with Crippen LogP contribution in [-0.2, 0) is 21.4 Å². The van der Waals surface area contributed by atoms with Crippen LogP contribution in [0.25, 0.3) is 0 Å². The molecule has 0 spiro atoms. The zero-order valence-electron chi connectivity index (χ0n) is 16.0. The highest BCUT2D eigenvalue weighted by molar-refractivity contribution is 7.86. The normalized spacial score (nSPS) is 22.6. The number of hydrogen-bond donors (Lipinski definition) is 2. The summed E-state index contributed by atoms with van der Waals surface area (Å²) >= 11 is 5.89. The summed E-state index contributed by atoms with van der Waals surface area (Å²) in [5.41, 5.74) is 7.08. The van der Waals surface area contributed by atoms with Gasteiger partial charge in [-0.15, -0.1) is 0 Å². The topological polar surface area (TPSA) is 110 Å². The summed E-state index contributed by atoms with van der Waals surface area (Å²) in [6, 6.07) is 6.25. The molecule has 2 atom stereocenters. The molecule has 3 rings (SSSR count). The molecule has 7 nitrogen and oxygen atoms in total. The van der Waals surface area contributed by atoms with Gasteiger partial charge < -0.3 is 10.6 Å². The Bertz CT molecular complexity index is 781. The van der Waals surface area contributed by atoms with Crippen LogP contribution in [0.1, 0.15) is 44.1 Å². The monoisotopic (exact) mass is 428 g/mol. The standard InChI is InChI=1S/C19H29ClN4O3S/c20-15-8-6-14(7-9-15)12-18(21)19(25)23-11-10-17(13-23)24(28(22,26)27)16-4-2-1-3-5-16/h6-9,16-18H,1-5,10-13,21H2,(H2,22,26,27). The Kier molecular flexibility index (Phi) is 6.98. The van der Waals surface area contributed by atoms with Gasteiger partial charge in [-0.3, -0.25) is 4.79 Å². The Morgan fingerprint density at radius 2 is 1.79 bits per heavy atom. The van der Waals surface area contributed by atoms with E-state index in [4.69, 9.17) is 22.5 Å². The Hall–Kier alpha value is -1.19. The number of carbonyl (C=O) groups excluding carboxylic acids is 1. The van der Waals surface area contributed by atoms with Crippen molar-refractivity contribution in [1.82, 2.24) is 9.21 Å². The fourth-order valence-electron chi connectivity index (χ4n) is 4.40. The molecule has 4 N–H and O–H groups in total. The van der Waals surface area contributed by atoms with Gasteiger partial charge in [0.05, 0.1) is 6.04 Å². The van der Waals surface area contributed by atoms with Crippen molar-refractivity contribution < 1.29 is 13.2 Å². The van der Waals surface area contributed by atoms with E-state index >= 15 is 0 Å². The molecule has 1 saturated carbocycles. The molecule has 1 amide bonds. The Morgan fingerprint density at radius 1 is 1.14 bits per heavy atom. The van der Waals surface area contributed by atoms with Gasteiger partial charge in [0, 0.05) is 30.2 Å². The average Bonchev–Trinajstić information content (AvgIpc) is 3.12. The van der Waals surface area contributed by atoms with Gasteiger partial charge in [0.25, 0.3) is 10.2 Å². The van der Waals surface area contributed by atoms with Crippen molar-refractivity contribution in [2.24, 2.45) is 10.9 Å². The smallest absolute Gasteiger partial charge is 0.277 e. The lowest BCUT2D eigenvalue weighted by molar-refractivity contribution is -0.131. The molecule has 1 aromatic rings. The van der Waals surface area contributed by atoms with Gasteiger partial charge >= 0.3 is 0 Å². The van der Waals surface area contributed by atoms with Crippen LogP contribution in [0.2, 0.25) is 5.02 Å². The molecule has 2 fully saturated rings. The lowest BCUT2D eigenvalue weighted by atomic mass is 9.95. The largest absolute Gasteiger partial charge is 0.340 e. The summed E-state index contributed by atoms with van der Waals surface area (Å²) < 4.78 is 26.0. The van der Waals surface area contributed by atoms with Gasteiger partial charge in [0.1, 0.15) is 0 Å². The van der Waals surface area contributed by atoms with Crippen LogP contribution in [0, 0.1) is 0 Å². The van der Waals surface area contributed by atoms with Crippen LogP contribution in [0.4, 0.5) is 0 Å². The first-order valence-corrected chi connectivity index (χ1v) is 11.7. The fraction of sp³-hybridized carbons (Fsp3) is 0.632. The quantitative estimate of drug-likeness (QED) is 0.717. The van der Waals surface area contributed by atoms with E-state index in [9.17, 15) is 13.2 Å². The zero-order valence-corrected chi connectivity index (χ0v) is 17.5. The third kappa shape index (κ3) is 5.24. The second-order valence-corrected chi connectivity index (χ2v) is 9.72. The minimum atomic E-state index is -3.82. The van der Waals surface area contributed by atoms with Crippen LogP contribution in [0.5, 0.6) is 0 Å². The van der Waals surface area contributed by atoms with Crippen LogP contribution < -0.4 is 10.9 Å². The van der Waals surface area contributed by atoms with Crippen molar-refractivity contribution in [1.29, 1.82) is 0 Å². The minimum absolute atomic E-state index is 0.0634. The lowest BCUT2D eigenvalue weighted by Gasteiger charge is -2.36. The molecule has 9 heteroatoms. The molecular formula is C19H29ClN4O3S. The van der Waals surface area contributed by atoms with Crippen molar-refractivity contribution in [3.63, 3.8) is 0 Å². The van der Waals surface area contributed by atoms with Crippen molar-refractivity contribution in [2.45, 2.75) is 63.1 Å². The van der Waals surface area contributed by atoms with E-state index in [0.717, 1.165) is 37.7 Å². The van der Waals surface area contributed by atoms with Gasteiger partial charge in [-0.05, 0) is 43.4 Å². The molecule has 1 saturated heterocycles. The predicted molar refractivity (Wildman–Crippen MR) is 110 cm³/mol. The Morgan fingerprint density at radius 3 is 2.39 bits per heavy atom. The minimum Gasteiger partial charge on any atom is -0.340 e. The average molecular weight is 429 g/mol. The summed E-state index contributed by atoms with van der Waals surface area (Å²) in [4.78, 5) is 14.5. The van der Waals surface area contributed by atoms with E-state index in [1.54, 1.807) is 17.0 Å². The fourth-order valence-corrected chi connectivity index (χ4v) is 5.74. The number of halogens is 1. The summed E-state index contributed by atoms with van der Waals surface area (Å²) in [5.74, 6) is -0.157. The first-order chi connectivity index (χ1) is 13.3. The van der Waals surface area contributed by atoms with Gasteiger partial charge in [-0.1, -0.05) is 43.0 Å². The van der Waals surface area contributed by atoms with Gasteiger partial charge in [0.2, 0.25) is 5.91 Å². The summed E-state index contributed by atoms with van der Waals surface area (Å²) in [6.07, 6.45) is 5.82. The van der Waals surface area contributed by atoms with Crippen LogP contribution in [0.3, 0.4) is 0 Å². The summed E-state index contributed by atoms with van der Waals surface area (Å²) in [6.45, 7) is 0.844. The Balaban J connectivity index is 1.63. The van der Waals surface area contributed by atoms with Gasteiger partial charge in [-0.25, -0.2) is 5.14 Å². The Labute approximate surface area is 172 Å². The number of hydrogen-bond acceptors (Lipinski definition) is 4. The van der Waals surface area contributed by atoms with E-state index in [0.29, 0.717) is 31.0 Å². The van der Waals surface area contributed by atoms with Crippen LogP contribution in [-0.4, -0.2) is 54.7 Å². The van der Waals surface area contributed by atoms with Crippen LogP contribution >= 0.6 is 11.6 Å². The van der Waals surface area contributed by atoms with Crippen molar-refractivity contribution in [3.8, 4) is 0 Å². The number of rotatable bonds is 6.